The second-order valence-electron chi connectivity index (χ2n) is 6.70. The van der Waals surface area contributed by atoms with Gasteiger partial charge in [-0.2, -0.15) is 0 Å². The molecule has 2 aromatic heterocycles. The molecule has 2 rings (SSSR count). The molecular formula is C15H23ClFN7O2. The van der Waals surface area contributed by atoms with Crippen molar-refractivity contribution >= 4 is 23.4 Å². The predicted octanol–water partition coefficient (Wildman–Crippen LogP) is 1.90. The van der Waals surface area contributed by atoms with Crippen LogP contribution in [0.15, 0.2) is 12.4 Å². The molecule has 11 heteroatoms. The highest BCUT2D eigenvalue weighted by molar-refractivity contribution is 6.18. The van der Waals surface area contributed by atoms with Gasteiger partial charge in [0.15, 0.2) is 11.5 Å². The van der Waals surface area contributed by atoms with E-state index in [1.807, 2.05) is 0 Å². The number of nitrogens with zero attached hydrogens (tertiary/aromatic N) is 6. The fraction of sp³-hybridized carbons (Fsp3) is 0.667. The van der Waals surface area contributed by atoms with Crippen LogP contribution in [0.3, 0.4) is 0 Å². The van der Waals surface area contributed by atoms with Crippen LogP contribution in [0.4, 0.5) is 10.2 Å². The number of anilines is 1. The van der Waals surface area contributed by atoms with E-state index in [1.54, 1.807) is 27.0 Å². The standard InChI is InChI=1S/C15H23ClFN7O2/c1-15(2,3)26-14(25)12-9-23(21-19-12)7-4-11(17)8-24-10-13(20-22-24)18-6-5-16/h9-11,18H,4-8H2,1-3H3. The molecule has 0 fully saturated rings. The molecular weight excluding hydrogens is 365 g/mol. The smallest absolute Gasteiger partial charge is 0.361 e. The van der Waals surface area contributed by atoms with Gasteiger partial charge in [0, 0.05) is 25.4 Å². The average molecular weight is 388 g/mol. The third-order valence-corrected chi connectivity index (χ3v) is 3.33. The van der Waals surface area contributed by atoms with Crippen LogP contribution < -0.4 is 5.32 Å². The number of rotatable bonds is 9. The molecule has 0 amide bonds. The molecule has 0 bridgehead atoms. The van der Waals surface area contributed by atoms with E-state index >= 15 is 0 Å². The second kappa shape index (κ2) is 8.93. The number of halogens is 2. The largest absolute Gasteiger partial charge is 0.455 e. The number of carbonyl (C=O) groups excluding carboxylic acids is 1. The highest BCUT2D eigenvalue weighted by Gasteiger charge is 2.20. The summed E-state index contributed by atoms with van der Waals surface area (Å²) in [5, 5.41) is 18.3. The summed E-state index contributed by atoms with van der Waals surface area (Å²) in [6.07, 6.45) is 2.12. The minimum Gasteiger partial charge on any atom is -0.455 e. The van der Waals surface area contributed by atoms with E-state index in [-0.39, 0.29) is 25.2 Å². The molecule has 0 aliphatic heterocycles. The number of carbonyl (C=O) groups is 1. The van der Waals surface area contributed by atoms with Crippen molar-refractivity contribution in [2.45, 2.75) is 52.1 Å². The van der Waals surface area contributed by atoms with Crippen molar-refractivity contribution in [1.29, 1.82) is 0 Å². The zero-order chi connectivity index (χ0) is 19.2. The monoisotopic (exact) mass is 387 g/mol. The van der Waals surface area contributed by atoms with Gasteiger partial charge in [0.25, 0.3) is 0 Å². The van der Waals surface area contributed by atoms with Gasteiger partial charge >= 0.3 is 5.97 Å². The van der Waals surface area contributed by atoms with Crippen LogP contribution in [-0.4, -0.2) is 60.2 Å². The lowest BCUT2D eigenvalue weighted by Crippen LogP contribution is -2.24. The van der Waals surface area contributed by atoms with E-state index in [9.17, 15) is 9.18 Å². The summed E-state index contributed by atoms with van der Waals surface area (Å²) in [6, 6.07) is 0. The maximum absolute atomic E-state index is 14.1. The summed E-state index contributed by atoms with van der Waals surface area (Å²) in [4.78, 5) is 11.9. The Morgan fingerprint density at radius 3 is 2.73 bits per heavy atom. The normalized spacial score (nSPS) is 12.8. The Balaban J connectivity index is 1.79. The molecule has 0 saturated carbocycles. The minimum absolute atomic E-state index is 0.0726. The predicted molar refractivity (Wildman–Crippen MR) is 93.9 cm³/mol. The Kier molecular flexibility index (Phi) is 6.90. The van der Waals surface area contributed by atoms with Crippen LogP contribution in [-0.2, 0) is 17.8 Å². The summed E-state index contributed by atoms with van der Waals surface area (Å²) in [6.45, 7) is 6.22. The zero-order valence-electron chi connectivity index (χ0n) is 15.0. The number of hydrogen-bond donors (Lipinski definition) is 1. The van der Waals surface area contributed by atoms with Crippen LogP contribution in [0.2, 0.25) is 0 Å². The van der Waals surface area contributed by atoms with Gasteiger partial charge < -0.3 is 10.1 Å². The van der Waals surface area contributed by atoms with Crippen molar-refractivity contribution in [2.75, 3.05) is 17.7 Å². The fourth-order valence-electron chi connectivity index (χ4n) is 2.04. The molecule has 0 aliphatic carbocycles. The van der Waals surface area contributed by atoms with Gasteiger partial charge in [-0.3, -0.25) is 4.68 Å². The molecule has 1 N–H and O–H groups in total. The Morgan fingerprint density at radius 2 is 2.04 bits per heavy atom. The molecule has 0 spiro atoms. The Bertz CT molecular complexity index is 713. The van der Waals surface area contributed by atoms with E-state index in [0.717, 1.165) is 0 Å². The summed E-state index contributed by atoms with van der Waals surface area (Å²) >= 11 is 5.57. The number of nitrogens with one attached hydrogen (secondary N) is 1. The van der Waals surface area contributed by atoms with E-state index in [0.29, 0.717) is 18.2 Å². The topological polar surface area (TPSA) is 99.8 Å². The van der Waals surface area contributed by atoms with Gasteiger partial charge in [-0.15, -0.1) is 21.8 Å². The van der Waals surface area contributed by atoms with Crippen molar-refractivity contribution in [3.63, 3.8) is 0 Å². The first kappa shape index (κ1) is 20.1. The maximum atomic E-state index is 14.1. The minimum atomic E-state index is -1.15. The summed E-state index contributed by atoms with van der Waals surface area (Å²) < 4.78 is 22.2. The highest BCUT2D eigenvalue weighted by atomic mass is 35.5. The molecule has 1 unspecified atom stereocenters. The molecule has 2 aromatic rings. The van der Waals surface area contributed by atoms with Crippen LogP contribution in [0.25, 0.3) is 0 Å². The number of aromatic nitrogens is 6. The number of alkyl halides is 2. The number of aryl methyl sites for hydroxylation is 1. The number of esters is 1. The molecule has 0 radical (unpaired) electrons. The van der Waals surface area contributed by atoms with Gasteiger partial charge in [0.05, 0.1) is 18.9 Å². The highest BCUT2D eigenvalue weighted by Crippen LogP contribution is 2.11. The van der Waals surface area contributed by atoms with E-state index in [1.165, 1.54) is 15.6 Å². The van der Waals surface area contributed by atoms with Crippen LogP contribution >= 0.6 is 11.6 Å². The Morgan fingerprint density at radius 1 is 1.31 bits per heavy atom. The van der Waals surface area contributed by atoms with Crippen molar-refractivity contribution in [1.82, 2.24) is 30.0 Å². The fourth-order valence-corrected chi connectivity index (χ4v) is 2.14. The molecule has 0 saturated heterocycles. The van der Waals surface area contributed by atoms with Gasteiger partial charge in [-0.1, -0.05) is 10.4 Å². The quantitative estimate of drug-likeness (QED) is 0.518. The van der Waals surface area contributed by atoms with Crippen LogP contribution in [0, 0.1) is 0 Å². The molecule has 144 valence electrons. The van der Waals surface area contributed by atoms with Crippen LogP contribution in [0.1, 0.15) is 37.7 Å². The third-order valence-electron chi connectivity index (χ3n) is 3.14. The van der Waals surface area contributed by atoms with Gasteiger partial charge in [-0.25, -0.2) is 13.9 Å². The van der Waals surface area contributed by atoms with E-state index in [4.69, 9.17) is 16.3 Å². The molecule has 9 nitrogen and oxygen atoms in total. The lowest BCUT2D eigenvalue weighted by molar-refractivity contribution is 0.00627. The molecule has 0 aromatic carbocycles. The Hall–Kier alpha value is -2.23. The maximum Gasteiger partial charge on any atom is 0.361 e. The first-order valence-electron chi connectivity index (χ1n) is 8.24. The molecule has 26 heavy (non-hydrogen) atoms. The average Bonchev–Trinajstić information content (AvgIpc) is 3.18. The van der Waals surface area contributed by atoms with Crippen molar-refractivity contribution in [3.05, 3.63) is 18.1 Å². The Labute approximate surface area is 155 Å². The first-order valence-corrected chi connectivity index (χ1v) is 8.78. The van der Waals surface area contributed by atoms with Gasteiger partial charge in [0.1, 0.15) is 11.8 Å². The summed E-state index contributed by atoms with van der Waals surface area (Å²) in [5.41, 5.74) is -0.512. The van der Waals surface area contributed by atoms with E-state index < -0.39 is 17.7 Å². The number of ether oxygens (including phenoxy) is 1. The lowest BCUT2D eigenvalue weighted by atomic mass is 10.2. The number of hydrogen-bond acceptors (Lipinski definition) is 7. The summed E-state index contributed by atoms with van der Waals surface area (Å²) in [5.74, 6) is 0.443. The second-order valence-corrected chi connectivity index (χ2v) is 7.07. The van der Waals surface area contributed by atoms with E-state index in [2.05, 4.69) is 25.9 Å². The van der Waals surface area contributed by atoms with Crippen molar-refractivity contribution in [3.8, 4) is 0 Å². The van der Waals surface area contributed by atoms with Crippen molar-refractivity contribution in [2.24, 2.45) is 0 Å². The first-order chi connectivity index (χ1) is 12.3. The van der Waals surface area contributed by atoms with Gasteiger partial charge in [0.2, 0.25) is 0 Å². The van der Waals surface area contributed by atoms with Crippen molar-refractivity contribution < 1.29 is 13.9 Å². The molecule has 1 atom stereocenters. The zero-order valence-corrected chi connectivity index (χ0v) is 15.8. The van der Waals surface area contributed by atoms with Gasteiger partial charge in [-0.05, 0) is 20.8 Å². The van der Waals surface area contributed by atoms with Crippen LogP contribution in [0.5, 0.6) is 0 Å². The third kappa shape index (κ3) is 6.58. The summed E-state index contributed by atoms with van der Waals surface area (Å²) in [7, 11) is 0. The molecule has 0 aliphatic rings. The SMILES string of the molecule is CC(C)(C)OC(=O)c1cn(CCC(F)Cn2cc(NCCCl)nn2)nn1. The molecule has 2 heterocycles. The lowest BCUT2D eigenvalue weighted by Gasteiger charge is -2.18.